The van der Waals surface area contributed by atoms with E-state index in [4.69, 9.17) is 0 Å². The van der Waals surface area contributed by atoms with Gasteiger partial charge in [-0.2, -0.15) is 0 Å². The third kappa shape index (κ3) is 3.18. The van der Waals surface area contributed by atoms with E-state index in [1.165, 1.54) is 32.1 Å². The number of likely N-dealkylation sites (tertiary alicyclic amines) is 1. The molecule has 4 fully saturated rings. The van der Waals surface area contributed by atoms with Gasteiger partial charge in [-0.3, -0.25) is 9.59 Å². The molecule has 5 rings (SSSR count). The summed E-state index contributed by atoms with van der Waals surface area (Å²) in [6, 6.07) is 0. The Bertz CT molecular complexity index is 665. The van der Waals surface area contributed by atoms with Crippen LogP contribution in [0.5, 0.6) is 0 Å². The van der Waals surface area contributed by atoms with Gasteiger partial charge in [0.15, 0.2) is 0 Å². The van der Waals surface area contributed by atoms with Crippen LogP contribution in [0, 0.1) is 29.6 Å². The summed E-state index contributed by atoms with van der Waals surface area (Å²) < 4.78 is -0.390. The summed E-state index contributed by atoms with van der Waals surface area (Å²) in [7, 11) is 0. The number of amides is 2. The van der Waals surface area contributed by atoms with Gasteiger partial charge in [0.05, 0.1) is 5.04 Å². The lowest BCUT2D eigenvalue weighted by atomic mass is 9.81. The number of fused-ring (bicyclic) bond motifs is 2. The normalized spacial score (nSPS) is 39.7. The molecule has 4 atom stereocenters. The zero-order valence-corrected chi connectivity index (χ0v) is 17.3. The maximum atomic E-state index is 12.8. The highest BCUT2D eigenvalue weighted by Gasteiger charge is 2.49. The van der Waals surface area contributed by atoms with Crippen LogP contribution < -0.4 is 0 Å². The zero-order chi connectivity index (χ0) is 18.6. The summed E-state index contributed by atoms with van der Waals surface area (Å²) in [6.07, 6.45) is 11.9. The van der Waals surface area contributed by atoms with E-state index < -0.39 is 4.75 Å². The molecule has 5 aliphatic rings. The monoisotopic (exact) mass is 388 g/mol. The van der Waals surface area contributed by atoms with Gasteiger partial charge >= 0.3 is 0 Å². The lowest BCUT2D eigenvalue weighted by Crippen LogP contribution is -2.48. The Hall–Kier alpha value is -0.840. The minimum Gasteiger partial charge on any atom is -0.342 e. The Balaban J connectivity index is 1.17. The first kappa shape index (κ1) is 18.2. The highest BCUT2D eigenvalue weighted by Crippen LogP contribution is 2.52. The summed E-state index contributed by atoms with van der Waals surface area (Å²) >= 11 is 1.77. The molecule has 0 aromatic carbocycles. The van der Waals surface area contributed by atoms with Gasteiger partial charge in [0.25, 0.3) is 5.91 Å². The summed E-state index contributed by atoms with van der Waals surface area (Å²) in [5.41, 5.74) is 0. The summed E-state index contributed by atoms with van der Waals surface area (Å²) in [6.45, 7) is 3.77. The van der Waals surface area contributed by atoms with Crippen LogP contribution in [-0.4, -0.2) is 39.6 Å². The first-order valence-corrected chi connectivity index (χ1v) is 11.9. The number of rotatable bonds is 4. The standard InChI is InChI=1S/C22H32N2O2S/c1-22(18-7-9-24(10-8-18)20(25)15-3-2-4-15)21(26)23-19(27-22)13-17-12-14-5-6-16(17)11-14/h14-18H,2-13H2,1H3/t14-,16+,17-,22?/m1/s1. The number of thioether (sulfide) groups is 1. The van der Waals surface area contributed by atoms with Gasteiger partial charge in [0.1, 0.15) is 4.75 Å². The van der Waals surface area contributed by atoms with Crippen molar-refractivity contribution >= 4 is 28.6 Å². The third-order valence-corrected chi connectivity index (χ3v) is 9.77. The van der Waals surface area contributed by atoms with Gasteiger partial charge in [-0.15, -0.1) is 0 Å². The van der Waals surface area contributed by atoms with Crippen molar-refractivity contribution in [2.24, 2.45) is 34.6 Å². The molecular weight excluding hydrogens is 356 g/mol. The molecule has 0 N–H and O–H groups in total. The van der Waals surface area contributed by atoms with Gasteiger partial charge in [-0.25, -0.2) is 4.99 Å². The second-order valence-electron chi connectivity index (χ2n) is 9.89. The van der Waals surface area contributed by atoms with E-state index in [1.807, 2.05) is 0 Å². The highest BCUT2D eigenvalue weighted by molar-refractivity contribution is 8.16. The van der Waals surface area contributed by atoms with E-state index in [2.05, 4.69) is 16.8 Å². The fourth-order valence-electron chi connectivity index (χ4n) is 6.30. The van der Waals surface area contributed by atoms with Gasteiger partial charge in [0, 0.05) is 19.0 Å². The molecule has 5 heteroatoms. The van der Waals surface area contributed by atoms with Crippen LogP contribution in [0.3, 0.4) is 0 Å². The second kappa shape index (κ2) is 6.89. The second-order valence-corrected chi connectivity index (χ2v) is 11.4. The summed E-state index contributed by atoms with van der Waals surface area (Å²) in [5, 5.41) is 1.10. The van der Waals surface area contributed by atoms with Crippen LogP contribution in [0.2, 0.25) is 0 Å². The zero-order valence-electron chi connectivity index (χ0n) is 16.5. The molecular formula is C22H32N2O2S. The molecule has 0 radical (unpaired) electrons. The Labute approximate surface area is 166 Å². The van der Waals surface area contributed by atoms with Crippen molar-refractivity contribution in [3.05, 3.63) is 0 Å². The largest absolute Gasteiger partial charge is 0.342 e. The maximum absolute atomic E-state index is 12.8. The fraction of sp³-hybridized carbons (Fsp3) is 0.864. The number of aliphatic imine (C=N–C) groups is 1. The van der Waals surface area contributed by atoms with Crippen molar-refractivity contribution in [1.29, 1.82) is 0 Å². The van der Waals surface area contributed by atoms with Crippen LogP contribution in [0.1, 0.15) is 71.1 Å². The smallest absolute Gasteiger partial charge is 0.263 e. The predicted octanol–water partition coefficient (Wildman–Crippen LogP) is 4.28. The number of hydrogen-bond acceptors (Lipinski definition) is 3. The molecule has 2 amide bonds. The number of carbonyl (C=O) groups excluding carboxylic acids is 2. The summed E-state index contributed by atoms with van der Waals surface area (Å²) in [5.74, 6) is 3.70. The molecule has 3 aliphatic carbocycles. The Morgan fingerprint density at radius 3 is 2.52 bits per heavy atom. The molecule has 2 aliphatic heterocycles. The maximum Gasteiger partial charge on any atom is 0.263 e. The fourth-order valence-corrected chi connectivity index (χ4v) is 7.75. The van der Waals surface area contributed by atoms with Gasteiger partial charge < -0.3 is 4.90 Å². The van der Waals surface area contributed by atoms with E-state index in [9.17, 15) is 9.59 Å². The van der Waals surface area contributed by atoms with Gasteiger partial charge in [-0.1, -0.05) is 24.6 Å². The van der Waals surface area contributed by atoms with Crippen LogP contribution in [-0.2, 0) is 9.59 Å². The first-order valence-electron chi connectivity index (χ1n) is 11.1. The predicted molar refractivity (Wildman–Crippen MR) is 109 cm³/mol. The number of piperidine rings is 1. The van der Waals surface area contributed by atoms with Crippen LogP contribution in [0.4, 0.5) is 0 Å². The molecule has 3 saturated carbocycles. The number of carbonyl (C=O) groups is 2. The molecule has 0 aromatic rings. The highest BCUT2D eigenvalue weighted by atomic mass is 32.2. The Kier molecular flexibility index (Phi) is 4.65. The average molecular weight is 389 g/mol. The van der Waals surface area contributed by atoms with E-state index >= 15 is 0 Å². The van der Waals surface area contributed by atoms with Crippen molar-refractivity contribution in [1.82, 2.24) is 4.90 Å². The lowest BCUT2D eigenvalue weighted by molar-refractivity contribution is -0.139. The summed E-state index contributed by atoms with van der Waals surface area (Å²) in [4.78, 5) is 31.9. The first-order chi connectivity index (χ1) is 13.0. The van der Waals surface area contributed by atoms with Crippen molar-refractivity contribution in [3.63, 3.8) is 0 Å². The number of nitrogens with zero attached hydrogens (tertiary/aromatic N) is 2. The van der Waals surface area contributed by atoms with Crippen LogP contribution in [0.15, 0.2) is 4.99 Å². The van der Waals surface area contributed by atoms with Crippen LogP contribution >= 0.6 is 11.8 Å². The lowest BCUT2D eigenvalue weighted by Gasteiger charge is -2.40. The molecule has 27 heavy (non-hydrogen) atoms. The van der Waals surface area contributed by atoms with Gasteiger partial charge in [0.2, 0.25) is 5.91 Å². The third-order valence-electron chi connectivity index (χ3n) is 8.34. The van der Waals surface area contributed by atoms with Crippen molar-refractivity contribution < 1.29 is 9.59 Å². The van der Waals surface area contributed by atoms with Crippen LogP contribution in [0.25, 0.3) is 0 Å². The van der Waals surface area contributed by atoms with E-state index in [0.717, 1.165) is 68.0 Å². The molecule has 1 saturated heterocycles. The van der Waals surface area contributed by atoms with Crippen molar-refractivity contribution in [3.8, 4) is 0 Å². The molecule has 148 valence electrons. The van der Waals surface area contributed by atoms with E-state index in [1.54, 1.807) is 11.8 Å². The van der Waals surface area contributed by atoms with Crippen molar-refractivity contribution in [2.75, 3.05) is 13.1 Å². The molecule has 0 aromatic heterocycles. The molecule has 1 unspecified atom stereocenters. The average Bonchev–Trinajstić information content (AvgIpc) is 3.29. The van der Waals surface area contributed by atoms with E-state index in [-0.39, 0.29) is 11.8 Å². The number of hydrogen-bond donors (Lipinski definition) is 0. The molecule has 2 heterocycles. The minimum absolute atomic E-state index is 0.0921. The molecule has 2 bridgehead atoms. The molecule has 4 nitrogen and oxygen atoms in total. The quantitative estimate of drug-likeness (QED) is 0.722. The van der Waals surface area contributed by atoms with Gasteiger partial charge in [-0.05, 0) is 82.0 Å². The Morgan fingerprint density at radius 2 is 1.93 bits per heavy atom. The molecule has 0 spiro atoms. The SMILES string of the molecule is CC1(C2CCN(C(=O)C3CCC3)CC2)SC(C[C@H]2C[C@@H]3CC[C@H]2C3)=NC1=O. The Morgan fingerprint density at radius 1 is 1.15 bits per heavy atom. The van der Waals surface area contributed by atoms with E-state index in [0.29, 0.717) is 11.8 Å². The van der Waals surface area contributed by atoms with Crippen molar-refractivity contribution in [2.45, 2.75) is 75.9 Å². The topological polar surface area (TPSA) is 49.7 Å². The minimum atomic E-state index is -0.390.